The predicted molar refractivity (Wildman–Crippen MR) is 162 cm³/mol. The summed E-state index contributed by atoms with van der Waals surface area (Å²) >= 11 is 6.73. The number of carbonyl (C=O) groups excluding carboxylic acids is 4. The van der Waals surface area contributed by atoms with Crippen LogP contribution in [0.4, 0.5) is 11.4 Å². The fourth-order valence-corrected chi connectivity index (χ4v) is 6.13. The Morgan fingerprint density at radius 1 is 1.00 bits per heavy atom. The van der Waals surface area contributed by atoms with E-state index in [4.69, 9.17) is 17.0 Å². The summed E-state index contributed by atoms with van der Waals surface area (Å²) in [6.45, 7) is 6.56. The average Bonchev–Trinajstić information content (AvgIpc) is 3.38. The SMILES string of the molecule is CCCCC(CC)CN1C(=O)/C(=C2/C(=O)N(CC(=O)Nc3ccc(C(=O)OCC)cc3)c3ccccc32)SC1=S. The average molecular weight is 580 g/mol. The molecule has 1 fully saturated rings. The predicted octanol–water partition coefficient (Wildman–Crippen LogP) is 5.64. The maximum atomic E-state index is 13.7. The Morgan fingerprint density at radius 3 is 2.40 bits per heavy atom. The summed E-state index contributed by atoms with van der Waals surface area (Å²) in [4.78, 5) is 55.4. The highest BCUT2D eigenvalue weighted by molar-refractivity contribution is 8.26. The number of ether oxygens (including phenoxy) is 1. The van der Waals surface area contributed by atoms with E-state index in [1.807, 2.05) is 0 Å². The third-order valence-electron chi connectivity index (χ3n) is 6.96. The molecule has 4 rings (SSSR count). The lowest BCUT2D eigenvalue weighted by molar-refractivity contribution is -0.123. The van der Waals surface area contributed by atoms with Gasteiger partial charge in [-0.3, -0.25) is 24.2 Å². The number of esters is 1. The first kappa shape index (κ1) is 29.5. The molecule has 10 heteroatoms. The Hall–Kier alpha value is -3.50. The highest BCUT2D eigenvalue weighted by Crippen LogP contribution is 2.44. The Balaban J connectivity index is 1.53. The van der Waals surface area contributed by atoms with Crippen LogP contribution >= 0.6 is 24.0 Å². The molecule has 0 bridgehead atoms. The number of amides is 3. The van der Waals surface area contributed by atoms with Gasteiger partial charge in [-0.05, 0) is 49.6 Å². The molecule has 2 heterocycles. The van der Waals surface area contributed by atoms with E-state index in [0.717, 1.165) is 37.4 Å². The van der Waals surface area contributed by atoms with Crippen LogP contribution in [0.2, 0.25) is 0 Å². The minimum Gasteiger partial charge on any atom is -0.462 e. The van der Waals surface area contributed by atoms with Gasteiger partial charge in [-0.2, -0.15) is 0 Å². The summed E-state index contributed by atoms with van der Waals surface area (Å²) in [6, 6.07) is 13.5. The van der Waals surface area contributed by atoms with Crippen LogP contribution in [0.25, 0.3) is 5.57 Å². The van der Waals surface area contributed by atoms with Crippen molar-refractivity contribution >= 4 is 68.9 Å². The number of para-hydroxylation sites is 1. The topological polar surface area (TPSA) is 96.0 Å². The van der Waals surface area contributed by atoms with Gasteiger partial charge in [0.1, 0.15) is 10.9 Å². The lowest BCUT2D eigenvalue weighted by atomic mass is 9.98. The number of thiocarbonyl (C=S) groups is 1. The Labute approximate surface area is 244 Å². The summed E-state index contributed by atoms with van der Waals surface area (Å²) in [5.41, 5.74) is 2.31. The second-order valence-corrected chi connectivity index (χ2v) is 11.3. The fourth-order valence-electron chi connectivity index (χ4n) is 4.79. The first-order valence-corrected chi connectivity index (χ1v) is 14.8. The second-order valence-electron chi connectivity index (χ2n) is 9.66. The maximum Gasteiger partial charge on any atom is 0.338 e. The molecule has 2 aliphatic heterocycles. The van der Waals surface area contributed by atoms with Crippen LogP contribution < -0.4 is 10.2 Å². The zero-order chi connectivity index (χ0) is 28.8. The third kappa shape index (κ3) is 6.28. The summed E-state index contributed by atoms with van der Waals surface area (Å²) in [7, 11) is 0. The van der Waals surface area contributed by atoms with Gasteiger partial charge in [0.25, 0.3) is 11.8 Å². The van der Waals surface area contributed by atoms with E-state index in [9.17, 15) is 19.2 Å². The smallest absolute Gasteiger partial charge is 0.338 e. The molecular formula is C30H33N3O5S2. The van der Waals surface area contributed by atoms with Gasteiger partial charge in [0, 0.05) is 17.8 Å². The van der Waals surface area contributed by atoms with Gasteiger partial charge in [0.05, 0.1) is 28.3 Å². The van der Waals surface area contributed by atoms with E-state index in [1.54, 1.807) is 60.4 Å². The lowest BCUT2D eigenvalue weighted by Gasteiger charge is -2.21. The van der Waals surface area contributed by atoms with Gasteiger partial charge < -0.3 is 10.1 Å². The number of nitrogens with zero attached hydrogens (tertiary/aromatic N) is 2. The van der Waals surface area contributed by atoms with Gasteiger partial charge in [0.15, 0.2) is 0 Å². The van der Waals surface area contributed by atoms with E-state index in [0.29, 0.717) is 44.2 Å². The minimum atomic E-state index is -0.441. The highest BCUT2D eigenvalue weighted by atomic mass is 32.2. The summed E-state index contributed by atoms with van der Waals surface area (Å²) < 4.78 is 5.44. The third-order valence-corrected chi connectivity index (χ3v) is 8.41. The molecule has 3 amide bonds. The number of anilines is 2. The number of thioether (sulfide) groups is 1. The number of hydrogen-bond acceptors (Lipinski definition) is 7. The van der Waals surface area contributed by atoms with E-state index < -0.39 is 17.8 Å². The minimum absolute atomic E-state index is 0.242. The van der Waals surface area contributed by atoms with Gasteiger partial charge in [-0.15, -0.1) is 0 Å². The molecule has 0 radical (unpaired) electrons. The number of nitrogens with one attached hydrogen (secondary N) is 1. The van der Waals surface area contributed by atoms with Crippen LogP contribution in [-0.2, 0) is 19.1 Å². The van der Waals surface area contributed by atoms with Gasteiger partial charge in [-0.25, -0.2) is 4.79 Å². The molecule has 210 valence electrons. The number of unbranched alkanes of at least 4 members (excludes halogenated alkanes) is 1. The summed E-state index contributed by atoms with van der Waals surface area (Å²) in [5, 5.41) is 2.77. The van der Waals surface area contributed by atoms with Crippen LogP contribution in [0.3, 0.4) is 0 Å². The molecule has 0 spiro atoms. The van der Waals surface area contributed by atoms with Crippen LogP contribution in [-0.4, -0.2) is 52.6 Å². The molecule has 1 N–H and O–H groups in total. The quantitative estimate of drug-likeness (QED) is 0.209. The van der Waals surface area contributed by atoms with Crippen LogP contribution in [0, 0.1) is 5.92 Å². The molecule has 2 aliphatic rings. The monoisotopic (exact) mass is 579 g/mol. The Kier molecular flexibility index (Phi) is 9.76. The standard InChI is InChI=1S/C30H33N3O5S2/c1-4-7-10-19(5-2)17-33-28(36)26(40-30(33)39)25-22-11-8-9-12-23(22)32(27(25)35)18-24(34)31-21-15-13-20(14-16-21)29(37)38-6-3/h8-9,11-16,19H,4-7,10,17-18H2,1-3H3,(H,31,34)/b26-25-. The van der Waals surface area contributed by atoms with E-state index in [2.05, 4.69) is 19.2 Å². The molecular weight excluding hydrogens is 546 g/mol. The summed E-state index contributed by atoms with van der Waals surface area (Å²) in [6.07, 6.45) is 4.14. The molecule has 40 heavy (non-hydrogen) atoms. The van der Waals surface area contributed by atoms with Crippen molar-refractivity contribution < 1.29 is 23.9 Å². The molecule has 1 atom stereocenters. The van der Waals surface area contributed by atoms with E-state index in [-0.39, 0.29) is 24.6 Å². The maximum absolute atomic E-state index is 13.7. The first-order chi connectivity index (χ1) is 19.3. The highest BCUT2D eigenvalue weighted by Gasteiger charge is 2.42. The van der Waals surface area contributed by atoms with Gasteiger partial charge in [-0.1, -0.05) is 75.3 Å². The fraction of sp³-hybridized carbons (Fsp3) is 0.367. The molecule has 2 aromatic rings. The van der Waals surface area contributed by atoms with Crippen LogP contribution in [0.1, 0.15) is 62.4 Å². The molecule has 2 aromatic carbocycles. The number of fused-ring (bicyclic) bond motifs is 1. The van der Waals surface area contributed by atoms with Crippen molar-refractivity contribution in [2.75, 3.05) is 29.9 Å². The number of carbonyl (C=O) groups is 4. The normalized spacial score (nSPS) is 17.3. The zero-order valence-electron chi connectivity index (χ0n) is 22.9. The van der Waals surface area contributed by atoms with Gasteiger partial charge in [0.2, 0.25) is 5.91 Å². The Bertz CT molecular complexity index is 1360. The largest absolute Gasteiger partial charge is 0.462 e. The molecule has 1 saturated heterocycles. The summed E-state index contributed by atoms with van der Waals surface area (Å²) in [5.74, 6) is -1.18. The zero-order valence-corrected chi connectivity index (χ0v) is 24.5. The lowest BCUT2D eigenvalue weighted by Crippen LogP contribution is -2.36. The van der Waals surface area contributed by atoms with Crippen molar-refractivity contribution in [2.45, 2.75) is 46.5 Å². The van der Waals surface area contributed by atoms with E-state index in [1.165, 1.54) is 4.90 Å². The van der Waals surface area contributed by atoms with Crippen molar-refractivity contribution in [3.63, 3.8) is 0 Å². The van der Waals surface area contributed by atoms with Crippen LogP contribution in [0.15, 0.2) is 53.4 Å². The second kappa shape index (κ2) is 13.2. The van der Waals surface area contributed by atoms with Crippen LogP contribution in [0.5, 0.6) is 0 Å². The van der Waals surface area contributed by atoms with Crippen molar-refractivity contribution in [1.82, 2.24) is 4.90 Å². The van der Waals surface area contributed by atoms with Crippen molar-refractivity contribution in [3.05, 3.63) is 64.6 Å². The molecule has 0 aromatic heterocycles. The number of benzene rings is 2. The van der Waals surface area contributed by atoms with Gasteiger partial charge >= 0.3 is 5.97 Å². The number of rotatable bonds is 11. The molecule has 8 nitrogen and oxygen atoms in total. The molecule has 0 aliphatic carbocycles. The Morgan fingerprint density at radius 2 is 1.73 bits per heavy atom. The molecule has 0 saturated carbocycles. The number of hydrogen-bond donors (Lipinski definition) is 1. The van der Waals surface area contributed by atoms with E-state index >= 15 is 0 Å². The van der Waals surface area contributed by atoms with Crippen molar-refractivity contribution in [3.8, 4) is 0 Å². The van der Waals surface area contributed by atoms with Crippen molar-refractivity contribution in [1.29, 1.82) is 0 Å². The van der Waals surface area contributed by atoms with Crippen molar-refractivity contribution in [2.24, 2.45) is 5.92 Å². The molecule has 1 unspecified atom stereocenters. The first-order valence-electron chi connectivity index (χ1n) is 13.5.